The van der Waals surface area contributed by atoms with Crippen LogP contribution in [0.25, 0.3) is 0 Å². The number of hydrogen-bond donors (Lipinski definition) is 0. The normalized spacial score (nSPS) is 19.8. The topological polar surface area (TPSA) is 32.8 Å². The van der Waals surface area contributed by atoms with E-state index in [2.05, 4.69) is 43.2 Å². The third kappa shape index (κ3) is 4.16. The minimum absolute atomic E-state index is 0.228. The fourth-order valence-electron chi connectivity index (χ4n) is 4.56. The Bertz CT molecular complexity index is 858. The number of benzene rings is 1. The molecule has 2 aromatic rings. The Balaban J connectivity index is 1.40. The van der Waals surface area contributed by atoms with E-state index in [4.69, 9.17) is 4.74 Å². The van der Waals surface area contributed by atoms with E-state index in [0.29, 0.717) is 11.3 Å². The lowest BCUT2D eigenvalue weighted by atomic mass is 9.72. The van der Waals surface area contributed by atoms with Gasteiger partial charge in [-0.2, -0.15) is 0 Å². The van der Waals surface area contributed by atoms with Crippen LogP contribution in [0.2, 0.25) is 0 Å². The molecule has 1 saturated heterocycles. The van der Waals surface area contributed by atoms with Gasteiger partial charge < -0.3 is 14.5 Å². The lowest BCUT2D eigenvalue weighted by Gasteiger charge is -2.37. The Kier molecular flexibility index (Phi) is 5.60. The van der Waals surface area contributed by atoms with E-state index in [0.717, 1.165) is 50.3 Å². The zero-order valence-corrected chi connectivity index (χ0v) is 18.8. The average Bonchev–Trinajstić information content (AvgIpc) is 3.16. The number of anilines is 1. The number of hydrogen-bond acceptors (Lipinski definition) is 4. The molecule has 0 radical (unpaired) electrons. The summed E-state index contributed by atoms with van der Waals surface area (Å²) in [5.74, 6) is 1.81. The van der Waals surface area contributed by atoms with E-state index < -0.39 is 0 Å². The second-order valence-electron chi connectivity index (χ2n) is 9.33. The molecule has 156 valence electrons. The van der Waals surface area contributed by atoms with Crippen molar-refractivity contribution in [3.05, 3.63) is 45.6 Å². The third-order valence-corrected chi connectivity index (χ3v) is 7.67. The minimum Gasteiger partial charge on any atom is -0.497 e. The highest BCUT2D eigenvalue weighted by atomic mass is 32.1. The number of fused-ring (bicyclic) bond motifs is 1. The number of carbonyl (C=O) groups is 1. The first kappa shape index (κ1) is 20.3. The summed E-state index contributed by atoms with van der Waals surface area (Å²) in [6, 6.07) is 8.18. The molecule has 1 amide bonds. The summed E-state index contributed by atoms with van der Waals surface area (Å²) in [6.07, 6.45) is 3.37. The molecule has 0 unspecified atom stereocenters. The van der Waals surface area contributed by atoms with E-state index in [9.17, 15) is 4.79 Å². The third-order valence-electron chi connectivity index (χ3n) is 6.61. The quantitative estimate of drug-likeness (QED) is 0.721. The lowest BCUT2D eigenvalue weighted by molar-refractivity contribution is 0.0745. The standard InChI is InChI=1S/C24H32N2O2S/c1-24(2,3)17-5-10-20-21(16-29-22(20)15-17)23(27)26-13-11-25(12-14-26)18-6-8-19(28-4)9-7-18/h6-9,16-17H,5,10-15H2,1-4H3/t17-/m1/s1. The molecule has 0 saturated carbocycles. The van der Waals surface area contributed by atoms with Crippen molar-refractivity contribution in [2.24, 2.45) is 11.3 Å². The van der Waals surface area contributed by atoms with Crippen LogP contribution in [0.3, 0.4) is 0 Å². The fourth-order valence-corrected chi connectivity index (χ4v) is 5.72. The number of amides is 1. The fraction of sp³-hybridized carbons (Fsp3) is 0.542. The van der Waals surface area contributed by atoms with Gasteiger partial charge in [0.15, 0.2) is 0 Å². The molecule has 0 N–H and O–H groups in total. The van der Waals surface area contributed by atoms with E-state index in [1.54, 1.807) is 18.4 Å². The molecule has 2 aliphatic rings. The van der Waals surface area contributed by atoms with Crippen molar-refractivity contribution >= 4 is 22.9 Å². The maximum absolute atomic E-state index is 13.2. The molecule has 4 nitrogen and oxygen atoms in total. The monoisotopic (exact) mass is 412 g/mol. The predicted octanol–water partition coefficient (Wildman–Crippen LogP) is 4.87. The number of ether oxygens (including phenoxy) is 1. The maximum Gasteiger partial charge on any atom is 0.255 e. The van der Waals surface area contributed by atoms with E-state index >= 15 is 0 Å². The van der Waals surface area contributed by atoms with Gasteiger partial charge in [-0.3, -0.25) is 4.79 Å². The molecule has 2 heterocycles. The number of carbonyl (C=O) groups excluding carboxylic acids is 1. The second-order valence-corrected chi connectivity index (χ2v) is 10.3. The van der Waals surface area contributed by atoms with Gasteiger partial charge in [-0.15, -0.1) is 11.3 Å². The Morgan fingerprint density at radius 3 is 2.41 bits per heavy atom. The van der Waals surface area contributed by atoms with Gasteiger partial charge in [-0.05, 0) is 60.4 Å². The Morgan fingerprint density at radius 2 is 1.79 bits per heavy atom. The van der Waals surface area contributed by atoms with Gasteiger partial charge in [0.2, 0.25) is 0 Å². The zero-order valence-electron chi connectivity index (χ0n) is 18.0. The van der Waals surface area contributed by atoms with Gasteiger partial charge in [0.05, 0.1) is 12.7 Å². The molecular formula is C24H32N2O2S. The number of rotatable bonds is 3. The van der Waals surface area contributed by atoms with Crippen LogP contribution in [-0.2, 0) is 12.8 Å². The summed E-state index contributed by atoms with van der Waals surface area (Å²) in [5.41, 5.74) is 3.83. The number of piperazine rings is 1. The number of thiophene rings is 1. The van der Waals surface area contributed by atoms with Crippen LogP contribution < -0.4 is 9.64 Å². The largest absolute Gasteiger partial charge is 0.497 e. The van der Waals surface area contributed by atoms with Crippen LogP contribution in [0.5, 0.6) is 5.75 Å². The summed E-state index contributed by atoms with van der Waals surface area (Å²) in [7, 11) is 1.69. The molecule has 1 aliphatic heterocycles. The Hall–Kier alpha value is -2.01. The van der Waals surface area contributed by atoms with E-state index in [1.165, 1.54) is 22.5 Å². The maximum atomic E-state index is 13.2. The van der Waals surface area contributed by atoms with Crippen LogP contribution in [0.15, 0.2) is 29.6 Å². The molecule has 0 bridgehead atoms. The predicted molar refractivity (Wildman–Crippen MR) is 120 cm³/mol. The van der Waals surface area contributed by atoms with Gasteiger partial charge in [0, 0.05) is 42.1 Å². The highest BCUT2D eigenvalue weighted by molar-refractivity contribution is 7.10. The first-order chi connectivity index (χ1) is 13.9. The van der Waals surface area contributed by atoms with Crippen LogP contribution in [0, 0.1) is 11.3 Å². The molecule has 0 spiro atoms. The smallest absolute Gasteiger partial charge is 0.255 e. The Morgan fingerprint density at radius 1 is 1.10 bits per heavy atom. The highest BCUT2D eigenvalue weighted by Crippen LogP contribution is 2.40. The van der Waals surface area contributed by atoms with E-state index in [-0.39, 0.29) is 5.91 Å². The first-order valence-electron chi connectivity index (χ1n) is 10.6. The summed E-state index contributed by atoms with van der Waals surface area (Å²) in [5, 5.41) is 2.12. The SMILES string of the molecule is COc1ccc(N2CCN(C(=O)c3csc4c3CC[C@@H](C(C)(C)C)C4)CC2)cc1. The summed E-state index contributed by atoms with van der Waals surface area (Å²) >= 11 is 1.80. The van der Waals surface area contributed by atoms with Crippen molar-refractivity contribution < 1.29 is 9.53 Å². The van der Waals surface area contributed by atoms with Crippen LogP contribution >= 0.6 is 11.3 Å². The molecule has 5 heteroatoms. The molecule has 4 rings (SSSR count). The average molecular weight is 413 g/mol. The molecule has 29 heavy (non-hydrogen) atoms. The molecular weight excluding hydrogens is 380 g/mol. The Labute approximate surface area is 178 Å². The number of methoxy groups -OCH3 is 1. The molecule has 1 aromatic heterocycles. The van der Waals surface area contributed by atoms with E-state index in [1.807, 2.05) is 17.0 Å². The van der Waals surface area contributed by atoms with Crippen LogP contribution in [-0.4, -0.2) is 44.1 Å². The van der Waals surface area contributed by atoms with Gasteiger partial charge in [-0.25, -0.2) is 0 Å². The van der Waals surface area contributed by atoms with Crippen molar-refractivity contribution in [2.75, 3.05) is 38.2 Å². The summed E-state index contributed by atoms with van der Waals surface area (Å²) in [6.45, 7) is 10.3. The van der Waals surface area contributed by atoms with Gasteiger partial charge in [0.25, 0.3) is 5.91 Å². The van der Waals surface area contributed by atoms with Crippen molar-refractivity contribution in [3.63, 3.8) is 0 Å². The van der Waals surface area contributed by atoms with Crippen molar-refractivity contribution in [1.82, 2.24) is 4.90 Å². The van der Waals surface area contributed by atoms with Crippen LogP contribution in [0.4, 0.5) is 5.69 Å². The number of nitrogens with zero attached hydrogens (tertiary/aromatic N) is 2. The van der Waals surface area contributed by atoms with Crippen molar-refractivity contribution in [1.29, 1.82) is 0 Å². The molecule has 1 atom stereocenters. The van der Waals surface area contributed by atoms with Crippen LogP contribution in [0.1, 0.15) is 48.0 Å². The van der Waals surface area contributed by atoms with Crippen molar-refractivity contribution in [3.8, 4) is 5.75 Å². The summed E-state index contributed by atoms with van der Waals surface area (Å²) in [4.78, 5) is 19.1. The van der Waals surface area contributed by atoms with Crippen molar-refractivity contribution in [2.45, 2.75) is 40.0 Å². The van der Waals surface area contributed by atoms with Gasteiger partial charge in [0.1, 0.15) is 5.75 Å². The summed E-state index contributed by atoms with van der Waals surface area (Å²) < 4.78 is 5.25. The molecule has 1 fully saturated rings. The second kappa shape index (κ2) is 8.02. The van der Waals surface area contributed by atoms with Gasteiger partial charge in [-0.1, -0.05) is 20.8 Å². The molecule has 1 aliphatic carbocycles. The van der Waals surface area contributed by atoms with Gasteiger partial charge >= 0.3 is 0 Å². The minimum atomic E-state index is 0.228. The highest BCUT2D eigenvalue weighted by Gasteiger charge is 2.33. The lowest BCUT2D eigenvalue weighted by Crippen LogP contribution is -2.49. The zero-order chi connectivity index (χ0) is 20.6. The first-order valence-corrected chi connectivity index (χ1v) is 11.5. The molecule has 1 aromatic carbocycles.